The van der Waals surface area contributed by atoms with Crippen LogP contribution in [0.5, 0.6) is 0 Å². The van der Waals surface area contributed by atoms with Crippen LogP contribution in [0.15, 0.2) is 6.33 Å². The molecule has 2 unspecified atom stereocenters. The van der Waals surface area contributed by atoms with Crippen molar-refractivity contribution in [2.75, 3.05) is 31.9 Å². The van der Waals surface area contributed by atoms with Gasteiger partial charge in [0.1, 0.15) is 23.5 Å². The molecule has 3 fully saturated rings. The smallest absolute Gasteiger partial charge is 0.410 e. The number of nitrogens with one attached hydrogen (secondary N) is 2. The first-order valence-corrected chi connectivity index (χ1v) is 14.8. The minimum atomic E-state index is -1.41. The number of carbonyl (C=O) groups is 3. The molecular weight excluding hydrogens is 548 g/mol. The average Bonchev–Trinajstić information content (AvgIpc) is 3.68. The number of aryl methyl sites for hydroxylation is 1. The predicted octanol–water partition coefficient (Wildman–Crippen LogP) is 0.250. The Hall–Kier alpha value is -3.56. The zero-order valence-electron chi connectivity index (χ0n) is 24.4. The fourth-order valence-corrected chi connectivity index (χ4v) is 5.50. The molecule has 0 radical (unpaired) electrons. The highest BCUT2D eigenvalue weighted by atomic mass is 16.6. The molecule has 3 amide bonds. The predicted molar refractivity (Wildman–Crippen MR) is 151 cm³/mol. The largest absolute Gasteiger partial charge is 0.436 e. The summed E-state index contributed by atoms with van der Waals surface area (Å²) in [5.41, 5.74) is 6.84. The van der Waals surface area contributed by atoms with Crippen molar-refractivity contribution < 1.29 is 34.1 Å². The van der Waals surface area contributed by atoms with E-state index in [-0.39, 0.29) is 11.7 Å². The molecule has 0 aliphatic carbocycles. The first-order valence-electron chi connectivity index (χ1n) is 14.8. The van der Waals surface area contributed by atoms with E-state index in [4.69, 9.17) is 15.2 Å². The molecule has 3 aliphatic rings. The zero-order chi connectivity index (χ0) is 30.4. The van der Waals surface area contributed by atoms with Crippen LogP contribution in [0.4, 0.5) is 10.6 Å². The van der Waals surface area contributed by atoms with E-state index in [1.807, 2.05) is 13.8 Å². The van der Waals surface area contributed by atoms with Gasteiger partial charge in [0.05, 0.1) is 6.33 Å². The molecule has 0 saturated carbocycles. The van der Waals surface area contributed by atoms with Crippen LogP contribution in [0.3, 0.4) is 0 Å². The van der Waals surface area contributed by atoms with Gasteiger partial charge in [-0.25, -0.2) is 19.7 Å². The zero-order valence-corrected chi connectivity index (χ0v) is 24.4. The summed E-state index contributed by atoms with van der Waals surface area (Å²) in [6, 6.07) is 0. The second-order valence-electron chi connectivity index (χ2n) is 10.4. The van der Waals surface area contributed by atoms with Crippen LogP contribution in [0, 0.1) is 5.92 Å². The van der Waals surface area contributed by atoms with Crippen LogP contribution >= 0.6 is 0 Å². The van der Waals surface area contributed by atoms with Crippen LogP contribution in [-0.2, 0) is 25.5 Å². The lowest BCUT2D eigenvalue weighted by molar-refractivity contribution is -0.137. The number of nitrogens with zero attached hydrogens (tertiary/aromatic N) is 5. The number of hydrogen-bond donors (Lipinski definition) is 5. The first kappa shape index (κ1) is 31.4. The third-order valence-electron chi connectivity index (χ3n) is 7.74. The lowest BCUT2D eigenvalue weighted by atomic mass is 9.91. The summed E-state index contributed by atoms with van der Waals surface area (Å²) >= 11 is 0. The number of anilines is 1. The molecule has 5 atom stereocenters. The summed E-state index contributed by atoms with van der Waals surface area (Å²) in [4.78, 5) is 51.2. The normalized spacial score (nSPS) is 26.1. The quantitative estimate of drug-likeness (QED) is 0.281. The highest BCUT2D eigenvalue weighted by molar-refractivity contribution is 5.85. The van der Waals surface area contributed by atoms with Gasteiger partial charge in [0.15, 0.2) is 29.9 Å². The van der Waals surface area contributed by atoms with Gasteiger partial charge in [0.25, 0.3) is 11.8 Å². The minimum absolute atomic E-state index is 0.190. The Morgan fingerprint density at radius 1 is 1.19 bits per heavy atom. The monoisotopic (exact) mass is 590 g/mol. The average molecular weight is 591 g/mol. The number of likely N-dealkylation sites (tertiary alicyclic amines) is 1. The van der Waals surface area contributed by atoms with Crippen LogP contribution < -0.4 is 16.4 Å². The third-order valence-corrected chi connectivity index (χ3v) is 7.74. The van der Waals surface area contributed by atoms with E-state index in [2.05, 4.69) is 25.6 Å². The Kier molecular flexibility index (Phi) is 10.5. The Bertz CT molecular complexity index is 1250. The van der Waals surface area contributed by atoms with Gasteiger partial charge in [-0.2, -0.15) is 0 Å². The second-order valence-corrected chi connectivity index (χ2v) is 10.4. The first-order chi connectivity index (χ1) is 20.3. The number of nitrogens with two attached hydrogens (primary N) is 1. The molecule has 0 spiro atoms. The van der Waals surface area contributed by atoms with E-state index >= 15 is 0 Å². The second kappa shape index (κ2) is 14.1. The van der Waals surface area contributed by atoms with Crippen molar-refractivity contribution in [3.63, 3.8) is 0 Å². The SMILES string of the molecule is CC.CCNC(=O)[C@H]1O[C@@H](n2cnc3c(N)nc(CCCC4CCN(C(=O)OC5CCNC5=O)CC4)nc32)[C@@H](O)C1O. The fourth-order valence-electron chi connectivity index (χ4n) is 5.50. The third kappa shape index (κ3) is 6.73. The summed E-state index contributed by atoms with van der Waals surface area (Å²) in [5.74, 6) is 0.381. The highest BCUT2D eigenvalue weighted by Gasteiger charge is 2.47. The van der Waals surface area contributed by atoms with Crippen molar-refractivity contribution in [3.8, 4) is 0 Å². The van der Waals surface area contributed by atoms with Gasteiger partial charge in [-0.3, -0.25) is 14.2 Å². The molecule has 3 aliphatic heterocycles. The van der Waals surface area contributed by atoms with Crippen molar-refractivity contribution >= 4 is 34.9 Å². The van der Waals surface area contributed by atoms with Gasteiger partial charge >= 0.3 is 6.09 Å². The van der Waals surface area contributed by atoms with Gasteiger partial charge in [-0.05, 0) is 38.5 Å². The maximum atomic E-state index is 12.4. The summed E-state index contributed by atoms with van der Waals surface area (Å²) < 4.78 is 12.5. The summed E-state index contributed by atoms with van der Waals surface area (Å²) in [6.45, 7) is 7.80. The number of carbonyl (C=O) groups excluding carboxylic acids is 3. The Balaban J connectivity index is 0.00000198. The number of rotatable bonds is 8. The Morgan fingerprint density at radius 3 is 2.60 bits per heavy atom. The Labute approximate surface area is 244 Å². The van der Waals surface area contributed by atoms with E-state index in [1.54, 1.807) is 11.8 Å². The van der Waals surface area contributed by atoms with Crippen molar-refractivity contribution in [3.05, 3.63) is 12.2 Å². The molecule has 42 heavy (non-hydrogen) atoms. The lowest BCUT2D eigenvalue weighted by Crippen LogP contribution is -2.42. The van der Waals surface area contributed by atoms with Crippen LogP contribution in [0.25, 0.3) is 11.2 Å². The molecule has 232 valence electrons. The highest BCUT2D eigenvalue weighted by Crippen LogP contribution is 2.32. The molecule has 2 aromatic rings. The number of imidazole rings is 1. The molecule has 2 aromatic heterocycles. The molecule has 15 nitrogen and oxygen atoms in total. The van der Waals surface area contributed by atoms with E-state index in [1.165, 1.54) is 10.9 Å². The standard InChI is InChI=1S/C25H36N8O7.C2H6/c1-2-27-23(37)19-17(34)18(35)24(40-19)33-12-29-16-20(26)30-15(31-21(16)33)5-3-4-13-7-10-32(11-8-13)25(38)39-14-6-9-28-22(14)36;1-2/h12-14,17-19,24,34-35H,2-11H2,1H3,(H,27,37)(H,28,36)(H2,26,30,31);1-2H3/t14?,17?,18-,19-,24+;/m0./s1. The maximum absolute atomic E-state index is 12.4. The molecule has 15 heteroatoms. The fraction of sp³-hybridized carbons (Fsp3) is 0.704. The van der Waals surface area contributed by atoms with Crippen molar-refractivity contribution in [1.29, 1.82) is 0 Å². The number of amides is 3. The molecule has 6 N–H and O–H groups in total. The van der Waals surface area contributed by atoms with Gasteiger partial charge in [-0.15, -0.1) is 0 Å². The maximum Gasteiger partial charge on any atom is 0.410 e. The van der Waals surface area contributed by atoms with E-state index < -0.39 is 42.6 Å². The van der Waals surface area contributed by atoms with E-state index in [0.29, 0.717) is 61.9 Å². The molecule has 5 heterocycles. The molecule has 0 bridgehead atoms. The van der Waals surface area contributed by atoms with Gasteiger partial charge in [-0.1, -0.05) is 13.8 Å². The minimum Gasteiger partial charge on any atom is -0.436 e. The van der Waals surface area contributed by atoms with Gasteiger partial charge in [0.2, 0.25) is 0 Å². The number of piperidine rings is 1. The van der Waals surface area contributed by atoms with Crippen molar-refractivity contribution in [2.24, 2.45) is 5.92 Å². The number of nitrogen functional groups attached to an aromatic ring is 1. The lowest BCUT2D eigenvalue weighted by Gasteiger charge is -2.31. The molecular formula is C27H42N8O7. The number of aliphatic hydroxyl groups is 2. The van der Waals surface area contributed by atoms with Gasteiger partial charge in [0, 0.05) is 39.0 Å². The molecule has 3 saturated heterocycles. The summed E-state index contributed by atoms with van der Waals surface area (Å²) in [6.07, 6.45) is -0.353. The van der Waals surface area contributed by atoms with Gasteiger partial charge < -0.3 is 41.0 Å². The number of aliphatic hydroxyl groups excluding tert-OH is 2. The van der Waals surface area contributed by atoms with E-state index in [9.17, 15) is 24.6 Å². The number of likely N-dealkylation sites (N-methyl/N-ethyl adjacent to an activating group) is 1. The molecule has 5 rings (SSSR count). The van der Waals surface area contributed by atoms with Crippen LogP contribution in [-0.4, -0.2) is 103 Å². The molecule has 0 aromatic carbocycles. The number of aromatic nitrogens is 4. The topological polar surface area (TPSA) is 207 Å². The summed E-state index contributed by atoms with van der Waals surface area (Å²) in [5, 5.41) is 26.3. The number of ether oxygens (including phenoxy) is 2. The van der Waals surface area contributed by atoms with Crippen LogP contribution in [0.2, 0.25) is 0 Å². The van der Waals surface area contributed by atoms with Crippen LogP contribution in [0.1, 0.15) is 64.9 Å². The Morgan fingerprint density at radius 2 is 1.93 bits per heavy atom. The van der Waals surface area contributed by atoms with Crippen molar-refractivity contribution in [2.45, 2.75) is 89.9 Å². The summed E-state index contributed by atoms with van der Waals surface area (Å²) in [7, 11) is 0. The van der Waals surface area contributed by atoms with E-state index in [0.717, 1.165) is 25.7 Å². The number of fused-ring (bicyclic) bond motifs is 1. The van der Waals surface area contributed by atoms with Crippen molar-refractivity contribution in [1.82, 2.24) is 35.1 Å². The number of hydrogen-bond acceptors (Lipinski definition) is 11.